The molecule has 17 heavy (non-hydrogen) atoms. The molecule has 0 rings (SSSR count). The summed E-state index contributed by atoms with van der Waals surface area (Å²) in [6, 6.07) is -1.49. The van der Waals surface area contributed by atoms with Crippen molar-refractivity contribution in [3.8, 4) is 0 Å². The maximum atomic E-state index is 10.8. The fourth-order valence-electron chi connectivity index (χ4n) is 1.06. The van der Waals surface area contributed by atoms with Gasteiger partial charge in [-0.05, 0) is 0 Å². The number of carbonyl (C=O) groups is 1. The predicted octanol–water partition coefficient (Wildman–Crippen LogP) is -1.06. The van der Waals surface area contributed by atoms with E-state index in [2.05, 4.69) is 12.6 Å². The summed E-state index contributed by atoms with van der Waals surface area (Å²) in [5.74, 6) is -1.81. The van der Waals surface area contributed by atoms with Crippen molar-refractivity contribution in [2.24, 2.45) is 0 Å². The van der Waals surface area contributed by atoms with Gasteiger partial charge < -0.3 is 24.7 Å². The van der Waals surface area contributed by atoms with Gasteiger partial charge in [-0.2, -0.15) is 12.6 Å². The third kappa shape index (κ3) is 7.91. The highest BCUT2D eigenvalue weighted by Gasteiger charge is 2.33. The van der Waals surface area contributed by atoms with Crippen LogP contribution in [0.4, 0.5) is 0 Å². The van der Waals surface area contributed by atoms with Crippen molar-refractivity contribution in [3.05, 3.63) is 0 Å². The van der Waals surface area contributed by atoms with E-state index >= 15 is 0 Å². The first kappa shape index (κ1) is 17.1. The number of rotatable bonds is 7. The van der Waals surface area contributed by atoms with Gasteiger partial charge in [0, 0.05) is 5.75 Å². The maximum absolute atomic E-state index is 10.8. The minimum absolute atomic E-state index is 0.338. The number of carboxylic acids is 1. The van der Waals surface area contributed by atoms with E-state index in [0.29, 0.717) is 4.90 Å². The van der Waals surface area contributed by atoms with Crippen molar-refractivity contribution in [2.75, 3.05) is 18.3 Å². The molecular formula is C5H13NO8P2S. The molecular weight excluding hydrogens is 296 g/mol. The Morgan fingerprint density at radius 1 is 1.12 bits per heavy atom. The average molecular weight is 309 g/mol. The SMILES string of the molecule is O=C(O)[C@H](CS)N(CP(=O)(O)O)CP(=O)(O)O. The van der Waals surface area contributed by atoms with Crippen LogP contribution in [0.3, 0.4) is 0 Å². The minimum atomic E-state index is -4.63. The second kappa shape index (κ2) is 6.31. The van der Waals surface area contributed by atoms with E-state index < -0.39 is 39.8 Å². The lowest BCUT2D eigenvalue weighted by atomic mass is 10.3. The average Bonchev–Trinajstić information content (AvgIpc) is 1.96. The lowest BCUT2D eigenvalue weighted by Gasteiger charge is -2.27. The summed E-state index contributed by atoms with van der Waals surface area (Å²) >= 11 is 3.67. The topological polar surface area (TPSA) is 156 Å². The standard InChI is InChI=1S/C5H13NO8P2S/c7-5(8)4(1-17)6(2-15(9,10)11)3-16(12,13)14/h4,17H,1-3H2,(H,7,8)(H2,9,10,11)(H2,12,13,14)/t4-/m0/s1. The van der Waals surface area contributed by atoms with Crippen molar-refractivity contribution < 1.29 is 38.6 Å². The van der Waals surface area contributed by atoms with Gasteiger partial charge >= 0.3 is 21.2 Å². The lowest BCUT2D eigenvalue weighted by Crippen LogP contribution is -2.43. The van der Waals surface area contributed by atoms with Gasteiger partial charge in [0.05, 0.1) is 0 Å². The fourth-order valence-corrected chi connectivity index (χ4v) is 3.15. The Morgan fingerprint density at radius 2 is 1.47 bits per heavy atom. The van der Waals surface area contributed by atoms with Crippen LogP contribution < -0.4 is 0 Å². The molecule has 102 valence electrons. The zero-order chi connectivity index (χ0) is 13.9. The molecule has 0 radical (unpaired) electrons. The van der Waals surface area contributed by atoms with E-state index in [4.69, 9.17) is 24.7 Å². The highest BCUT2D eigenvalue weighted by molar-refractivity contribution is 7.80. The Balaban J connectivity index is 5.02. The molecule has 0 bridgehead atoms. The smallest absolute Gasteiger partial charge is 0.339 e. The Morgan fingerprint density at radius 3 is 1.65 bits per heavy atom. The molecule has 9 nitrogen and oxygen atoms in total. The van der Waals surface area contributed by atoms with Gasteiger partial charge in [0.1, 0.15) is 18.6 Å². The molecule has 0 aliphatic carbocycles. The van der Waals surface area contributed by atoms with Crippen LogP contribution in [-0.4, -0.2) is 59.9 Å². The van der Waals surface area contributed by atoms with Crippen LogP contribution >= 0.6 is 27.8 Å². The van der Waals surface area contributed by atoms with Crippen LogP contribution in [0, 0.1) is 0 Å². The largest absolute Gasteiger partial charge is 0.480 e. The summed E-state index contributed by atoms with van der Waals surface area (Å²) in [5, 5.41) is 8.74. The van der Waals surface area contributed by atoms with Crippen LogP contribution in [0.15, 0.2) is 0 Å². The maximum Gasteiger partial charge on any atom is 0.339 e. The Hall–Kier alpha value is 0.0800. The number of hydrogen-bond acceptors (Lipinski definition) is 5. The third-order valence-corrected chi connectivity index (χ3v) is 3.44. The minimum Gasteiger partial charge on any atom is -0.480 e. The molecule has 12 heteroatoms. The van der Waals surface area contributed by atoms with Gasteiger partial charge in [-0.25, -0.2) is 0 Å². The summed E-state index contributed by atoms with van der Waals surface area (Å²) < 4.78 is 21.5. The van der Waals surface area contributed by atoms with Crippen LogP contribution in [-0.2, 0) is 13.9 Å². The highest BCUT2D eigenvalue weighted by Crippen LogP contribution is 2.41. The Labute approximate surface area is 102 Å². The molecule has 0 aliphatic heterocycles. The van der Waals surface area contributed by atoms with Crippen molar-refractivity contribution in [1.82, 2.24) is 4.90 Å². The molecule has 1 atom stereocenters. The van der Waals surface area contributed by atoms with Crippen molar-refractivity contribution in [3.63, 3.8) is 0 Å². The normalized spacial score (nSPS) is 14.9. The van der Waals surface area contributed by atoms with E-state index in [1.165, 1.54) is 0 Å². The van der Waals surface area contributed by atoms with E-state index in [1.807, 2.05) is 0 Å². The molecule has 0 aromatic carbocycles. The zero-order valence-corrected chi connectivity index (χ0v) is 11.1. The molecule has 5 N–H and O–H groups in total. The van der Waals surface area contributed by atoms with E-state index in [-0.39, 0.29) is 5.75 Å². The van der Waals surface area contributed by atoms with E-state index in [0.717, 1.165) is 0 Å². The van der Waals surface area contributed by atoms with Crippen LogP contribution in [0.2, 0.25) is 0 Å². The van der Waals surface area contributed by atoms with Crippen molar-refractivity contribution >= 4 is 33.8 Å². The van der Waals surface area contributed by atoms with E-state index in [9.17, 15) is 13.9 Å². The Kier molecular flexibility index (Phi) is 6.34. The van der Waals surface area contributed by atoms with Crippen LogP contribution in [0.5, 0.6) is 0 Å². The zero-order valence-electron chi connectivity index (χ0n) is 8.45. The second-order valence-corrected chi connectivity index (χ2v) is 6.83. The van der Waals surface area contributed by atoms with E-state index in [1.54, 1.807) is 0 Å². The highest BCUT2D eigenvalue weighted by atomic mass is 32.1. The van der Waals surface area contributed by atoms with Gasteiger partial charge in [0.2, 0.25) is 0 Å². The number of aliphatic carboxylic acids is 1. The summed E-state index contributed by atoms with van der Waals surface area (Å²) in [7, 11) is -9.26. The number of carboxylic acid groups (broad SMARTS) is 1. The molecule has 0 unspecified atom stereocenters. The number of thiol groups is 1. The molecule has 0 aromatic rings. The number of nitrogens with zero attached hydrogens (tertiary/aromatic N) is 1. The third-order valence-electron chi connectivity index (χ3n) is 1.63. The second-order valence-electron chi connectivity index (χ2n) is 3.24. The summed E-state index contributed by atoms with van der Waals surface area (Å²) in [6.07, 6.45) is -2.12. The monoisotopic (exact) mass is 309 g/mol. The van der Waals surface area contributed by atoms with Gasteiger partial charge in [-0.15, -0.1) is 0 Å². The van der Waals surface area contributed by atoms with Crippen molar-refractivity contribution in [1.29, 1.82) is 0 Å². The summed E-state index contributed by atoms with van der Waals surface area (Å²) in [4.78, 5) is 46.1. The molecule has 0 amide bonds. The number of hydrogen-bond donors (Lipinski definition) is 6. The van der Waals surface area contributed by atoms with Crippen LogP contribution in [0.1, 0.15) is 0 Å². The summed E-state index contributed by atoms with van der Waals surface area (Å²) in [6.45, 7) is 0. The van der Waals surface area contributed by atoms with Gasteiger partial charge in [0.25, 0.3) is 0 Å². The first-order valence-corrected chi connectivity index (χ1v) is 8.36. The predicted molar refractivity (Wildman–Crippen MR) is 60.9 cm³/mol. The van der Waals surface area contributed by atoms with Gasteiger partial charge in [-0.3, -0.25) is 18.8 Å². The van der Waals surface area contributed by atoms with Crippen LogP contribution in [0.25, 0.3) is 0 Å². The first-order chi connectivity index (χ1) is 7.46. The first-order valence-electron chi connectivity index (χ1n) is 4.13. The molecule has 0 spiro atoms. The molecule has 0 heterocycles. The molecule has 0 aliphatic rings. The van der Waals surface area contributed by atoms with Gasteiger partial charge in [-0.1, -0.05) is 0 Å². The fraction of sp³-hybridized carbons (Fsp3) is 0.800. The molecule has 0 saturated heterocycles. The molecule has 0 fully saturated rings. The van der Waals surface area contributed by atoms with Gasteiger partial charge in [0.15, 0.2) is 0 Å². The molecule has 0 aromatic heterocycles. The summed E-state index contributed by atoms with van der Waals surface area (Å²) in [5.41, 5.74) is 0. The molecule has 0 saturated carbocycles. The Bertz CT molecular complexity index is 339. The lowest BCUT2D eigenvalue weighted by molar-refractivity contribution is -0.141. The van der Waals surface area contributed by atoms with Crippen molar-refractivity contribution in [2.45, 2.75) is 6.04 Å². The quantitative estimate of drug-likeness (QED) is 0.255.